The van der Waals surface area contributed by atoms with Crippen LogP contribution in [0.4, 0.5) is 0 Å². The third-order valence-corrected chi connectivity index (χ3v) is 2.57. The van der Waals surface area contributed by atoms with Gasteiger partial charge >= 0.3 is 0 Å². The smallest absolute Gasteiger partial charge is 0.251 e. The highest BCUT2D eigenvalue weighted by Crippen LogP contribution is 2.10. The first-order chi connectivity index (χ1) is 8.95. The predicted molar refractivity (Wildman–Crippen MR) is 71.3 cm³/mol. The molecule has 1 atom stereocenters. The topological polar surface area (TPSA) is 92.4 Å². The molecule has 1 unspecified atom stereocenters. The fraction of sp³-hybridized carbons (Fsp3) is 0.286. The molecule has 4 N–H and O–H groups in total. The largest absolute Gasteiger partial charge is 0.384 e. The first kappa shape index (κ1) is 14.7. The Bertz CT molecular complexity index is 556. The standard InChI is InChI=1S/C14H16N2O3/c1-9-8-12(6-5-11(9)4-3-7-17)14(19)16-10(2)13(15)18/h5-6,8,10,17H,7H2,1-2H3,(H2,15,18)(H,16,19). The Morgan fingerprint density at radius 3 is 2.68 bits per heavy atom. The van der Waals surface area contributed by atoms with Gasteiger partial charge in [-0.3, -0.25) is 9.59 Å². The van der Waals surface area contributed by atoms with Crippen molar-refractivity contribution in [3.63, 3.8) is 0 Å². The summed E-state index contributed by atoms with van der Waals surface area (Å²) in [6.07, 6.45) is 0. The van der Waals surface area contributed by atoms with E-state index in [1.54, 1.807) is 18.2 Å². The van der Waals surface area contributed by atoms with Gasteiger partial charge in [0.1, 0.15) is 12.6 Å². The third-order valence-electron chi connectivity index (χ3n) is 2.57. The molecule has 0 spiro atoms. The summed E-state index contributed by atoms with van der Waals surface area (Å²) in [7, 11) is 0. The van der Waals surface area contributed by atoms with E-state index in [4.69, 9.17) is 10.8 Å². The van der Waals surface area contributed by atoms with Crippen molar-refractivity contribution in [2.24, 2.45) is 5.73 Å². The number of primary amides is 1. The average molecular weight is 260 g/mol. The molecule has 19 heavy (non-hydrogen) atoms. The molecule has 1 aromatic carbocycles. The lowest BCUT2D eigenvalue weighted by Crippen LogP contribution is -2.42. The van der Waals surface area contributed by atoms with Gasteiger partial charge in [-0.25, -0.2) is 0 Å². The molecule has 0 aliphatic rings. The number of carbonyl (C=O) groups excluding carboxylic acids is 2. The molecule has 0 aromatic heterocycles. The van der Waals surface area contributed by atoms with Crippen molar-refractivity contribution >= 4 is 11.8 Å². The third kappa shape index (κ3) is 4.12. The van der Waals surface area contributed by atoms with Crippen LogP contribution in [0.25, 0.3) is 0 Å². The summed E-state index contributed by atoms with van der Waals surface area (Å²) in [5.74, 6) is 4.37. The maximum absolute atomic E-state index is 11.8. The lowest BCUT2D eigenvalue weighted by atomic mass is 10.0. The zero-order valence-corrected chi connectivity index (χ0v) is 10.9. The summed E-state index contributed by atoms with van der Waals surface area (Å²) < 4.78 is 0. The summed E-state index contributed by atoms with van der Waals surface area (Å²) in [4.78, 5) is 22.7. The maximum atomic E-state index is 11.8. The number of nitrogens with one attached hydrogen (secondary N) is 1. The number of aryl methyl sites for hydroxylation is 1. The van der Waals surface area contributed by atoms with Crippen LogP contribution in [0.1, 0.15) is 28.4 Å². The highest BCUT2D eigenvalue weighted by atomic mass is 16.2. The molecule has 0 aliphatic heterocycles. The average Bonchev–Trinajstić information content (AvgIpc) is 2.36. The Kier molecular flexibility index (Phi) is 5.10. The van der Waals surface area contributed by atoms with Crippen LogP contribution in [0.3, 0.4) is 0 Å². The van der Waals surface area contributed by atoms with E-state index in [1.165, 1.54) is 6.92 Å². The van der Waals surface area contributed by atoms with Crippen LogP contribution in [-0.4, -0.2) is 29.6 Å². The first-order valence-corrected chi connectivity index (χ1v) is 5.76. The number of amides is 2. The van der Waals surface area contributed by atoms with E-state index in [0.29, 0.717) is 5.56 Å². The molecule has 5 nitrogen and oxygen atoms in total. The molecule has 0 fully saturated rings. The van der Waals surface area contributed by atoms with Gasteiger partial charge in [0.05, 0.1) is 0 Å². The van der Waals surface area contributed by atoms with E-state index >= 15 is 0 Å². The lowest BCUT2D eigenvalue weighted by molar-refractivity contribution is -0.119. The van der Waals surface area contributed by atoms with Gasteiger partial charge in [0.25, 0.3) is 5.91 Å². The fourth-order valence-electron chi connectivity index (χ4n) is 1.43. The molecule has 0 radical (unpaired) electrons. The van der Waals surface area contributed by atoms with Gasteiger partial charge in [0, 0.05) is 11.1 Å². The second-order valence-electron chi connectivity index (χ2n) is 4.09. The second-order valence-corrected chi connectivity index (χ2v) is 4.09. The summed E-state index contributed by atoms with van der Waals surface area (Å²) in [5, 5.41) is 11.1. The maximum Gasteiger partial charge on any atom is 0.251 e. The van der Waals surface area contributed by atoms with Gasteiger partial charge in [-0.15, -0.1) is 0 Å². The molecular weight excluding hydrogens is 244 g/mol. The summed E-state index contributed by atoms with van der Waals surface area (Å²) in [6, 6.07) is 4.26. The molecule has 1 rings (SSSR count). The van der Waals surface area contributed by atoms with Crippen molar-refractivity contribution in [3.8, 4) is 11.8 Å². The minimum absolute atomic E-state index is 0.211. The van der Waals surface area contributed by atoms with Crippen LogP contribution < -0.4 is 11.1 Å². The van der Waals surface area contributed by atoms with Crippen LogP contribution in [0.2, 0.25) is 0 Å². The first-order valence-electron chi connectivity index (χ1n) is 5.76. The Labute approximate surface area is 111 Å². The van der Waals surface area contributed by atoms with Crippen LogP contribution in [0.15, 0.2) is 18.2 Å². The van der Waals surface area contributed by atoms with Crippen LogP contribution >= 0.6 is 0 Å². The van der Waals surface area contributed by atoms with Crippen molar-refractivity contribution in [1.82, 2.24) is 5.32 Å². The molecule has 5 heteroatoms. The molecular formula is C14H16N2O3. The van der Waals surface area contributed by atoms with Gasteiger partial charge in [-0.1, -0.05) is 11.8 Å². The minimum Gasteiger partial charge on any atom is -0.384 e. The Morgan fingerprint density at radius 2 is 2.16 bits per heavy atom. The van der Waals surface area contributed by atoms with E-state index in [0.717, 1.165) is 11.1 Å². The van der Waals surface area contributed by atoms with Crippen LogP contribution in [0, 0.1) is 18.8 Å². The van der Waals surface area contributed by atoms with Crippen molar-refractivity contribution < 1.29 is 14.7 Å². The number of carbonyl (C=O) groups is 2. The minimum atomic E-state index is -0.721. The van der Waals surface area contributed by atoms with Crippen molar-refractivity contribution in [2.45, 2.75) is 19.9 Å². The molecule has 0 aliphatic carbocycles. The van der Waals surface area contributed by atoms with Gasteiger partial charge in [0.15, 0.2) is 0 Å². The summed E-state index contributed by atoms with van der Waals surface area (Å²) in [5.41, 5.74) is 7.07. The molecule has 100 valence electrons. The molecule has 1 aromatic rings. The Balaban J connectivity index is 2.89. The fourth-order valence-corrected chi connectivity index (χ4v) is 1.43. The van der Waals surface area contributed by atoms with E-state index in [-0.39, 0.29) is 12.5 Å². The van der Waals surface area contributed by atoms with Gasteiger partial charge in [-0.2, -0.15) is 0 Å². The Hall–Kier alpha value is -2.32. The number of nitrogens with two attached hydrogens (primary N) is 1. The normalized spacial score (nSPS) is 11.1. The summed E-state index contributed by atoms with van der Waals surface area (Å²) >= 11 is 0. The van der Waals surface area contributed by atoms with E-state index in [9.17, 15) is 9.59 Å². The number of hydrogen-bond donors (Lipinski definition) is 3. The lowest BCUT2D eigenvalue weighted by Gasteiger charge is -2.10. The zero-order valence-electron chi connectivity index (χ0n) is 10.9. The number of rotatable bonds is 3. The highest BCUT2D eigenvalue weighted by molar-refractivity contribution is 5.97. The Morgan fingerprint density at radius 1 is 1.47 bits per heavy atom. The van der Waals surface area contributed by atoms with Gasteiger partial charge < -0.3 is 16.2 Å². The van der Waals surface area contributed by atoms with Crippen molar-refractivity contribution in [2.75, 3.05) is 6.61 Å². The zero-order chi connectivity index (χ0) is 14.4. The van der Waals surface area contributed by atoms with Crippen molar-refractivity contribution in [3.05, 3.63) is 34.9 Å². The van der Waals surface area contributed by atoms with E-state index < -0.39 is 11.9 Å². The molecule has 0 bridgehead atoms. The predicted octanol–water partition coefficient (Wildman–Crippen LogP) is -0.0576. The number of benzene rings is 1. The second kappa shape index (κ2) is 6.57. The van der Waals surface area contributed by atoms with Crippen LogP contribution in [-0.2, 0) is 4.79 Å². The number of aliphatic hydroxyl groups excluding tert-OH is 1. The van der Waals surface area contributed by atoms with Crippen LogP contribution in [0.5, 0.6) is 0 Å². The highest BCUT2D eigenvalue weighted by Gasteiger charge is 2.14. The van der Waals surface area contributed by atoms with E-state index in [2.05, 4.69) is 17.2 Å². The number of hydrogen-bond acceptors (Lipinski definition) is 3. The van der Waals surface area contributed by atoms with Gasteiger partial charge in [0.2, 0.25) is 5.91 Å². The van der Waals surface area contributed by atoms with Crippen molar-refractivity contribution in [1.29, 1.82) is 0 Å². The quantitative estimate of drug-likeness (QED) is 0.665. The molecule has 0 heterocycles. The number of aliphatic hydroxyl groups is 1. The van der Waals surface area contributed by atoms with Gasteiger partial charge in [-0.05, 0) is 37.6 Å². The molecule has 0 saturated carbocycles. The molecule has 2 amide bonds. The summed E-state index contributed by atoms with van der Waals surface area (Å²) in [6.45, 7) is 3.13. The molecule has 0 saturated heterocycles. The SMILES string of the molecule is Cc1cc(C(=O)NC(C)C(N)=O)ccc1C#CCO. The monoisotopic (exact) mass is 260 g/mol. The van der Waals surface area contributed by atoms with E-state index in [1.807, 2.05) is 6.92 Å².